The number of rotatable bonds is 4. The number of fused-ring (bicyclic) bond motifs is 1. The summed E-state index contributed by atoms with van der Waals surface area (Å²) in [6, 6.07) is 9.09. The van der Waals surface area contributed by atoms with Crippen LogP contribution in [0.15, 0.2) is 49.2 Å². The maximum atomic E-state index is 11.5. The zero-order chi connectivity index (χ0) is 16.4. The van der Waals surface area contributed by atoms with Crippen LogP contribution in [-0.4, -0.2) is 20.5 Å². The lowest BCUT2D eigenvalue weighted by Gasteiger charge is -2.12. The van der Waals surface area contributed by atoms with E-state index in [-0.39, 0.29) is 5.91 Å². The fraction of sp³-hybridized carbons (Fsp3) is 0.0625. The molecule has 0 fully saturated rings. The van der Waals surface area contributed by atoms with Gasteiger partial charge in [-0.3, -0.25) is 4.79 Å². The average molecular weight is 328 g/mol. The van der Waals surface area contributed by atoms with Gasteiger partial charge in [0, 0.05) is 23.5 Å². The van der Waals surface area contributed by atoms with Gasteiger partial charge >= 0.3 is 0 Å². The van der Waals surface area contributed by atoms with Gasteiger partial charge in [0.05, 0.1) is 6.20 Å². The molecular weight excluding hydrogens is 314 g/mol. The van der Waals surface area contributed by atoms with Gasteiger partial charge in [-0.15, -0.1) is 0 Å². The predicted molar refractivity (Wildman–Crippen MR) is 91.3 cm³/mol. The predicted octanol–water partition coefficient (Wildman–Crippen LogP) is 3.56. The van der Waals surface area contributed by atoms with E-state index in [2.05, 4.69) is 27.3 Å². The number of benzene rings is 1. The highest BCUT2D eigenvalue weighted by Gasteiger charge is 2.07. The van der Waals surface area contributed by atoms with Crippen molar-refractivity contribution in [2.75, 3.05) is 10.6 Å². The first-order chi connectivity index (χ1) is 11.0. The SMILES string of the molecule is C=CC(=O)Nc1cc(C)cc(Nc2cc(Cl)nc3ccnn23)c1. The minimum absolute atomic E-state index is 0.261. The Kier molecular flexibility index (Phi) is 3.99. The largest absolute Gasteiger partial charge is 0.340 e. The molecule has 0 bridgehead atoms. The van der Waals surface area contributed by atoms with Gasteiger partial charge in [0.25, 0.3) is 0 Å². The van der Waals surface area contributed by atoms with Crippen molar-refractivity contribution in [3.8, 4) is 0 Å². The molecule has 2 heterocycles. The first-order valence-electron chi connectivity index (χ1n) is 6.87. The Bertz CT molecular complexity index is 903. The highest BCUT2D eigenvalue weighted by molar-refractivity contribution is 6.29. The molecular formula is C16H14ClN5O. The summed E-state index contributed by atoms with van der Waals surface area (Å²) in [7, 11) is 0. The third-order valence-corrected chi connectivity index (χ3v) is 3.32. The van der Waals surface area contributed by atoms with E-state index in [1.54, 1.807) is 22.8 Å². The quantitative estimate of drug-likeness (QED) is 0.568. The molecule has 0 aliphatic carbocycles. The third kappa shape index (κ3) is 3.32. The summed E-state index contributed by atoms with van der Waals surface area (Å²) < 4.78 is 1.65. The van der Waals surface area contributed by atoms with Crippen molar-refractivity contribution >= 4 is 40.3 Å². The van der Waals surface area contributed by atoms with Crippen LogP contribution >= 0.6 is 11.6 Å². The molecule has 1 aromatic carbocycles. The van der Waals surface area contributed by atoms with Crippen LogP contribution in [0.4, 0.5) is 17.2 Å². The normalized spacial score (nSPS) is 10.5. The zero-order valence-corrected chi connectivity index (χ0v) is 13.1. The fourth-order valence-electron chi connectivity index (χ4n) is 2.24. The van der Waals surface area contributed by atoms with E-state index >= 15 is 0 Å². The molecule has 23 heavy (non-hydrogen) atoms. The van der Waals surface area contributed by atoms with E-state index in [4.69, 9.17) is 11.6 Å². The maximum absolute atomic E-state index is 11.5. The van der Waals surface area contributed by atoms with Crippen LogP contribution in [0.1, 0.15) is 5.56 Å². The molecule has 2 N–H and O–H groups in total. The Balaban J connectivity index is 1.97. The monoisotopic (exact) mass is 327 g/mol. The van der Waals surface area contributed by atoms with Crippen molar-refractivity contribution in [2.45, 2.75) is 6.92 Å². The lowest BCUT2D eigenvalue weighted by molar-refractivity contribution is -0.111. The molecule has 0 aliphatic rings. The van der Waals surface area contributed by atoms with E-state index < -0.39 is 0 Å². The summed E-state index contributed by atoms with van der Waals surface area (Å²) in [5, 5.41) is 10.6. The van der Waals surface area contributed by atoms with E-state index in [1.807, 2.05) is 25.1 Å². The molecule has 0 unspecified atom stereocenters. The molecule has 0 atom stereocenters. The number of nitrogens with zero attached hydrogens (tertiary/aromatic N) is 3. The number of halogens is 1. The standard InChI is InChI=1S/C16H14ClN5O/c1-3-16(23)20-12-7-10(2)6-11(8-12)19-15-9-13(17)21-14-4-5-18-22(14)15/h3-9,19H,1H2,2H3,(H,20,23). The highest BCUT2D eigenvalue weighted by Crippen LogP contribution is 2.24. The van der Waals surface area contributed by atoms with Crippen molar-refractivity contribution in [1.82, 2.24) is 14.6 Å². The van der Waals surface area contributed by atoms with Gasteiger partial charge in [0.15, 0.2) is 5.65 Å². The van der Waals surface area contributed by atoms with Gasteiger partial charge in [-0.2, -0.15) is 9.61 Å². The number of anilines is 3. The number of hydrogen-bond donors (Lipinski definition) is 2. The minimum Gasteiger partial charge on any atom is -0.340 e. The molecule has 6 nitrogen and oxygen atoms in total. The van der Waals surface area contributed by atoms with Crippen LogP contribution < -0.4 is 10.6 Å². The highest BCUT2D eigenvalue weighted by atomic mass is 35.5. The van der Waals surface area contributed by atoms with E-state index in [0.717, 1.165) is 11.3 Å². The minimum atomic E-state index is -0.261. The summed E-state index contributed by atoms with van der Waals surface area (Å²) in [5.74, 6) is 0.416. The number of aromatic nitrogens is 3. The van der Waals surface area contributed by atoms with Crippen molar-refractivity contribution in [3.05, 3.63) is 59.9 Å². The molecule has 0 saturated carbocycles. The van der Waals surface area contributed by atoms with Crippen LogP contribution in [0.5, 0.6) is 0 Å². The lowest BCUT2D eigenvalue weighted by Crippen LogP contribution is -2.08. The van der Waals surface area contributed by atoms with E-state index in [9.17, 15) is 4.79 Å². The molecule has 0 aliphatic heterocycles. The Labute approximate surface area is 137 Å². The number of aryl methyl sites for hydroxylation is 1. The van der Waals surface area contributed by atoms with Crippen LogP contribution in [0, 0.1) is 6.92 Å². The molecule has 0 saturated heterocycles. The van der Waals surface area contributed by atoms with Crippen molar-refractivity contribution in [1.29, 1.82) is 0 Å². The summed E-state index contributed by atoms with van der Waals surface area (Å²) in [6.07, 6.45) is 2.88. The van der Waals surface area contributed by atoms with Crippen molar-refractivity contribution < 1.29 is 4.79 Å². The molecule has 0 radical (unpaired) electrons. The van der Waals surface area contributed by atoms with Gasteiger partial charge in [0.2, 0.25) is 5.91 Å². The molecule has 1 amide bonds. The summed E-state index contributed by atoms with van der Waals surface area (Å²) >= 11 is 6.04. The van der Waals surface area contributed by atoms with Gasteiger partial charge in [-0.1, -0.05) is 18.2 Å². The number of carbonyl (C=O) groups is 1. The lowest BCUT2D eigenvalue weighted by atomic mass is 10.2. The second kappa shape index (κ2) is 6.10. The Hall–Kier alpha value is -2.86. The summed E-state index contributed by atoms with van der Waals surface area (Å²) in [6.45, 7) is 5.39. The second-order valence-electron chi connectivity index (χ2n) is 4.97. The molecule has 3 aromatic rings. The van der Waals surface area contributed by atoms with Gasteiger partial charge in [0.1, 0.15) is 11.0 Å². The van der Waals surface area contributed by atoms with Gasteiger partial charge < -0.3 is 10.6 Å². The van der Waals surface area contributed by atoms with Crippen LogP contribution in [0.2, 0.25) is 5.15 Å². The van der Waals surface area contributed by atoms with E-state index in [1.165, 1.54) is 6.08 Å². The maximum Gasteiger partial charge on any atom is 0.247 e. The third-order valence-electron chi connectivity index (χ3n) is 3.13. The number of nitrogens with one attached hydrogen (secondary N) is 2. The topological polar surface area (TPSA) is 71.3 Å². The molecule has 7 heteroatoms. The molecule has 116 valence electrons. The van der Waals surface area contributed by atoms with Crippen LogP contribution in [0.25, 0.3) is 5.65 Å². The number of amides is 1. The Morgan fingerprint density at radius 1 is 1.30 bits per heavy atom. The zero-order valence-electron chi connectivity index (χ0n) is 12.4. The van der Waals surface area contributed by atoms with E-state index in [0.29, 0.717) is 22.3 Å². The Morgan fingerprint density at radius 2 is 2.09 bits per heavy atom. The summed E-state index contributed by atoms with van der Waals surface area (Å²) in [4.78, 5) is 15.6. The number of hydrogen-bond acceptors (Lipinski definition) is 4. The van der Waals surface area contributed by atoms with Crippen LogP contribution in [-0.2, 0) is 4.79 Å². The summed E-state index contributed by atoms with van der Waals surface area (Å²) in [5.41, 5.74) is 3.11. The first kappa shape index (κ1) is 15.1. The molecule has 2 aromatic heterocycles. The molecule has 0 spiro atoms. The smallest absolute Gasteiger partial charge is 0.247 e. The Morgan fingerprint density at radius 3 is 2.87 bits per heavy atom. The number of carbonyl (C=O) groups excluding carboxylic acids is 1. The van der Waals surface area contributed by atoms with Gasteiger partial charge in [-0.25, -0.2) is 4.98 Å². The van der Waals surface area contributed by atoms with Crippen molar-refractivity contribution in [3.63, 3.8) is 0 Å². The van der Waals surface area contributed by atoms with Crippen molar-refractivity contribution in [2.24, 2.45) is 0 Å². The second-order valence-corrected chi connectivity index (χ2v) is 5.36. The first-order valence-corrected chi connectivity index (χ1v) is 7.25. The molecule has 3 rings (SSSR count). The fourth-order valence-corrected chi connectivity index (χ4v) is 2.43. The average Bonchev–Trinajstić information content (AvgIpc) is 2.94. The van der Waals surface area contributed by atoms with Gasteiger partial charge in [-0.05, 0) is 36.8 Å². The van der Waals surface area contributed by atoms with Crippen LogP contribution in [0.3, 0.4) is 0 Å².